The van der Waals surface area contributed by atoms with Gasteiger partial charge in [-0.25, -0.2) is 0 Å². The van der Waals surface area contributed by atoms with E-state index < -0.39 is 0 Å². The minimum absolute atomic E-state index is 0.0334. The van der Waals surface area contributed by atoms with E-state index in [1.165, 1.54) is 11.1 Å². The molecule has 1 aromatic carbocycles. The summed E-state index contributed by atoms with van der Waals surface area (Å²) in [5.41, 5.74) is 2.44. The molecular formula is C10H12O2. The van der Waals surface area contributed by atoms with Crippen LogP contribution in [0.15, 0.2) is 24.3 Å². The number of hydrogen-bond acceptors (Lipinski definition) is 2. The average molecular weight is 164 g/mol. The third kappa shape index (κ3) is 1.24. The van der Waals surface area contributed by atoms with Crippen LogP contribution in [0.4, 0.5) is 0 Å². The molecule has 0 saturated carbocycles. The minimum Gasteiger partial charge on any atom is -0.394 e. The fourth-order valence-electron chi connectivity index (χ4n) is 1.46. The summed E-state index contributed by atoms with van der Waals surface area (Å²) in [6, 6.07) is 8.12. The van der Waals surface area contributed by atoms with E-state index in [-0.39, 0.29) is 18.8 Å². The van der Waals surface area contributed by atoms with E-state index in [9.17, 15) is 0 Å². The van der Waals surface area contributed by atoms with E-state index in [0.717, 1.165) is 0 Å². The van der Waals surface area contributed by atoms with Crippen molar-refractivity contribution in [1.29, 1.82) is 0 Å². The molecule has 1 N–H and O–H groups in total. The van der Waals surface area contributed by atoms with Crippen LogP contribution in [0.3, 0.4) is 0 Å². The quantitative estimate of drug-likeness (QED) is 0.671. The lowest BCUT2D eigenvalue weighted by Crippen LogP contribution is -1.95. The number of rotatable bonds is 2. The molecule has 1 saturated heterocycles. The Morgan fingerprint density at radius 2 is 2.17 bits per heavy atom. The van der Waals surface area contributed by atoms with Crippen molar-refractivity contribution in [2.75, 3.05) is 6.61 Å². The minimum atomic E-state index is 0.0334. The number of aliphatic hydroxyl groups is 1. The van der Waals surface area contributed by atoms with Crippen molar-refractivity contribution in [2.24, 2.45) is 0 Å². The third-order valence-electron chi connectivity index (χ3n) is 2.26. The first-order chi connectivity index (χ1) is 5.83. The maximum absolute atomic E-state index is 8.80. The molecule has 0 spiro atoms. The Kier molecular flexibility index (Phi) is 1.87. The molecule has 1 aliphatic rings. The van der Waals surface area contributed by atoms with Gasteiger partial charge in [-0.05, 0) is 18.1 Å². The Balaban J connectivity index is 2.19. The number of aryl methyl sites for hydroxylation is 1. The number of aliphatic hydroxyl groups excluding tert-OH is 1. The van der Waals surface area contributed by atoms with E-state index in [1.807, 2.05) is 12.1 Å². The van der Waals surface area contributed by atoms with Gasteiger partial charge in [0, 0.05) is 0 Å². The van der Waals surface area contributed by atoms with E-state index in [2.05, 4.69) is 19.1 Å². The standard InChI is InChI=1S/C10H12O2/c1-7-4-2-3-5-8(7)10-9(6-11)12-10/h2-5,9-11H,6H2,1H3/t9-,10?/m1/s1. The molecule has 0 bridgehead atoms. The van der Waals surface area contributed by atoms with E-state index >= 15 is 0 Å². The van der Waals surface area contributed by atoms with Crippen molar-refractivity contribution in [2.45, 2.75) is 19.1 Å². The summed E-state index contributed by atoms with van der Waals surface area (Å²) < 4.78 is 5.28. The van der Waals surface area contributed by atoms with Gasteiger partial charge >= 0.3 is 0 Å². The summed E-state index contributed by atoms with van der Waals surface area (Å²) in [5, 5.41) is 8.80. The Morgan fingerprint density at radius 1 is 1.42 bits per heavy atom. The molecule has 1 unspecified atom stereocenters. The molecule has 1 aliphatic heterocycles. The van der Waals surface area contributed by atoms with Crippen molar-refractivity contribution in [1.82, 2.24) is 0 Å². The zero-order valence-electron chi connectivity index (χ0n) is 7.03. The van der Waals surface area contributed by atoms with Gasteiger partial charge in [-0.3, -0.25) is 0 Å². The second kappa shape index (κ2) is 2.88. The molecule has 12 heavy (non-hydrogen) atoms. The highest BCUT2D eigenvalue weighted by atomic mass is 16.6. The highest BCUT2D eigenvalue weighted by Crippen LogP contribution is 2.39. The number of hydrogen-bond donors (Lipinski definition) is 1. The number of ether oxygens (including phenoxy) is 1. The van der Waals surface area contributed by atoms with E-state index in [1.54, 1.807) is 0 Å². The molecule has 1 heterocycles. The van der Waals surface area contributed by atoms with Crippen LogP contribution in [0.2, 0.25) is 0 Å². The van der Waals surface area contributed by atoms with Crippen molar-refractivity contribution >= 4 is 0 Å². The summed E-state index contributed by atoms with van der Waals surface area (Å²) in [6.45, 7) is 2.18. The fourth-order valence-corrected chi connectivity index (χ4v) is 1.46. The number of benzene rings is 1. The predicted octanol–water partition coefficient (Wildman–Crippen LogP) is 1.43. The van der Waals surface area contributed by atoms with Gasteiger partial charge in [0.2, 0.25) is 0 Å². The van der Waals surface area contributed by atoms with Crippen molar-refractivity contribution in [3.63, 3.8) is 0 Å². The lowest BCUT2D eigenvalue weighted by Gasteiger charge is -1.99. The zero-order valence-corrected chi connectivity index (χ0v) is 7.03. The molecule has 1 fully saturated rings. The van der Waals surface area contributed by atoms with Gasteiger partial charge in [0.15, 0.2) is 0 Å². The third-order valence-corrected chi connectivity index (χ3v) is 2.26. The van der Waals surface area contributed by atoms with E-state index in [0.29, 0.717) is 0 Å². The second-order valence-corrected chi connectivity index (χ2v) is 3.13. The Morgan fingerprint density at radius 3 is 2.75 bits per heavy atom. The molecule has 64 valence electrons. The topological polar surface area (TPSA) is 32.8 Å². The molecule has 2 heteroatoms. The molecule has 0 amide bonds. The van der Waals surface area contributed by atoms with Crippen molar-refractivity contribution in [3.8, 4) is 0 Å². The predicted molar refractivity (Wildman–Crippen MR) is 45.9 cm³/mol. The van der Waals surface area contributed by atoms with Gasteiger partial charge in [0.25, 0.3) is 0 Å². The van der Waals surface area contributed by atoms with Gasteiger partial charge < -0.3 is 9.84 Å². The molecule has 2 nitrogen and oxygen atoms in total. The maximum Gasteiger partial charge on any atom is 0.112 e. The molecule has 1 aromatic rings. The SMILES string of the molecule is Cc1ccccc1C1O[C@@H]1CO. The maximum atomic E-state index is 8.80. The molecular weight excluding hydrogens is 152 g/mol. The van der Waals surface area contributed by atoms with Gasteiger partial charge in [-0.15, -0.1) is 0 Å². The first-order valence-electron chi connectivity index (χ1n) is 4.15. The van der Waals surface area contributed by atoms with Crippen LogP contribution in [-0.4, -0.2) is 17.8 Å². The van der Waals surface area contributed by atoms with Crippen LogP contribution in [0.25, 0.3) is 0 Å². The zero-order chi connectivity index (χ0) is 8.55. The Hall–Kier alpha value is -0.860. The van der Waals surface area contributed by atoms with Gasteiger partial charge in [0.1, 0.15) is 12.2 Å². The van der Waals surface area contributed by atoms with Crippen LogP contribution in [0.5, 0.6) is 0 Å². The van der Waals surface area contributed by atoms with Crippen LogP contribution in [0, 0.1) is 6.92 Å². The summed E-state index contributed by atoms with van der Waals surface area (Å²) in [6.07, 6.45) is 0.169. The Bertz CT molecular complexity index is 283. The van der Waals surface area contributed by atoms with Crippen LogP contribution in [-0.2, 0) is 4.74 Å². The van der Waals surface area contributed by atoms with Crippen molar-refractivity contribution < 1.29 is 9.84 Å². The highest BCUT2D eigenvalue weighted by Gasteiger charge is 2.39. The summed E-state index contributed by atoms with van der Waals surface area (Å²) in [4.78, 5) is 0. The monoisotopic (exact) mass is 164 g/mol. The average Bonchev–Trinajstić information content (AvgIpc) is 2.84. The van der Waals surface area contributed by atoms with Crippen LogP contribution >= 0.6 is 0 Å². The molecule has 0 aromatic heterocycles. The van der Waals surface area contributed by atoms with Gasteiger partial charge in [0.05, 0.1) is 6.61 Å². The molecule has 2 atom stereocenters. The van der Waals surface area contributed by atoms with Crippen LogP contribution in [0.1, 0.15) is 17.2 Å². The first-order valence-corrected chi connectivity index (χ1v) is 4.15. The van der Waals surface area contributed by atoms with E-state index in [4.69, 9.17) is 9.84 Å². The molecule has 2 rings (SSSR count). The van der Waals surface area contributed by atoms with Gasteiger partial charge in [-0.1, -0.05) is 24.3 Å². The lowest BCUT2D eigenvalue weighted by atomic mass is 10.0. The number of epoxide rings is 1. The van der Waals surface area contributed by atoms with Crippen molar-refractivity contribution in [3.05, 3.63) is 35.4 Å². The highest BCUT2D eigenvalue weighted by molar-refractivity contribution is 5.30. The summed E-state index contributed by atoms with van der Waals surface area (Å²) >= 11 is 0. The largest absolute Gasteiger partial charge is 0.394 e. The fraction of sp³-hybridized carbons (Fsp3) is 0.400. The first kappa shape index (κ1) is 7.77. The molecule has 0 aliphatic carbocycles. The van der Waals surface area contributed by atoms with Crippen LogP contribution < -0.4 is 0 Å². The second-order valence-electron chi connectivity index (χ2n) is 3.13. The normalized spacial score (nSPS) is 27.2. The lowest BCUT2D eigenvalue weighted by molar-refractivity contribution is 0.242. The molecule has 0 radical (unpaired) electrons. The van der Waals surface area contributed by atoms with Gasteiger partial charge in [-0.2, -0.15) is 0 Å². The smallest absolute Gasteiger partial charge is 0.112 e. The summed E-state index contributed by atoms with van der Waals surface area (Å²) in [7, 11) is 0. The Labute approximate surface area is 71.8 Å². The summed E-state index contributed by atoms with van der Waals surface area (Å²) in [5.74, 6) is 0.